The van der Waals surface area contributed by atoms with Crippen LogP contribution in [0.3, 0.4) is 0 Å². The third-order valence-electron chi connectivity index (χ3n) is 4.18. The average Bonchev–Trinajstić information content (AvgIpc) is 3.34. The number of nitrogens with one attached hydrogen (secondary N) is 1. The molecular formula is C18H21FN2. The lowest BCUT2D eigenvalue weighted by Crippen LogP contribution is -2.23. The number of rotatable bonds is 6. The van der Waals surface area contributed by atoms with Gasteiger partial charge in [0.15, 0.2) is 0 Å². The summed E-state index contributed by atoms with van der Waals surface area (Å²) in [7, 11) is 0. The van der Waals surface area contributed by atoms with E-state index >= 15 is 0 Å². The van der Waals surface area contributed by atoms with Crippen molar-refractivity contribution in [2.45, 2.75) is 38.8 Å². The maximum atomic E-state index is 13.1. The first kappa shape index (κ1) is 14.2. The van der Waals surface area contributed by atoms with Crippen molar-refractivity contribution in [1.29, 1.82) is 0 Å². The summed E-state index contributed by atoms with van der Waals surface area (Å²) >= 11 is 0. The number of aryl methyl sites for hydroxylation is 1. The summed E-state index contributed by atoms with van der Waals surface area (Å²) < 4.78 is 13.1. The molecule has 1 unspecified atom stereocenters. The topological polar surface area (TPSA) is 24.9 Å². The summed E-state index contributed by atoms with van der Waals surface area (Å²) in [6.07, 6.45) is 5.34. The monoisotopic (exact) mass is 284 g/mol. The van der Waals surface area contributed by atoms with Gasteiger partial charge in [0.2, 0.25) is 0 Å². The van der Waals surface area contributed by atoms with Crippen LogP contribution in [-0.4, -0.2) is 4.98 Å². The van der Waals surface area contributed by atoms with E-state index in [4.69, 9.17) is 0 Å². The van der Waals surface area contributed by atoms with Crippen molar-refractivity contribution < 1.29 is 4.39 Å². The van der Waals surface area contributed by atoms with E-state index in [1.54, 1.807) is 12.1 Å². The molecule has 110 valence electrons. The van der Waals surface area contributed by atoms with E-state index in [0.29, 0.717) is 12.0 Å². The molecule has 2 nitrogen and oxygen atoms in total. The summed E-state index contributed by atoms with van der Waals surface area (Å²) in [4.78, 5) is 4.49. The fraction of sp³-hybridized carbons (Fsp3) is 0.389. The number of benzene rings is 1. The van der Waals surface area contributed by atoms with Crippen LogP contribution in [0.15, 0.2) is 42.6 Å². The van der Waals surface area contributed by atoms with Crippen LogP contribution in [0.5, 0.6) is 0 Å². The molecule has 1 atom stereocenters. The van der Waals surface area contributed by atoms with E-state index in [1.165, 1.54) is 24.0 Å². The second-order valence-electron chi connectivity index (χ2n) is 5.71. The van der Waals surface area contributed by atoms with Gasteiger partial charge in [0.05, 0.1) is 5.69 Å². The van der Waals surface area contributed by atoms with Crippen molar-refractivity contribution in [1.82, 2.24) is 10.3 Å². The predicted molar refractivity (Wildman–Crippen MR) is 82.3 cm³/mol. The molecule has 0 bridgehead atoms. The Kier molecular flexibility index (Phi) is 4.30. The highest BCUT2D eigenvalue weighted by Gasteiger charge is 2.32. The number of pyridine rings is 1. The SMILES string of the molecule is CCc1cccnc1CNC(c1ccc(F)cc1)C1CC1. The Balaban J connectivity index is 1.72. The minimum atomic E-state index is -0.175. The third-order valence-corrected chi connectivity index (χ3v) is 4.18. The zero-order valence-electron chi connectivity index (χ0n) is 12.3. The van der Waals surface area contributed by atoms with Gasteiger partial charge in [-0.25, -0.2) is 4.39 Å². The molecule has 1 aromatic heterocycles. The molecule has 3 rings (SSSR count). The van der Waals surface area contributed by atoms with Crippen LogP contribution in [0.2, 0.25) is 0 Å². The summed E-state index contributed by atoms with van der Waals surface area (Å²) in [6.45, 7) is 2.92. The molecule has 0 saturated heterocycles. The van der Waals surface area contributed by atoms with Crippen LogP contribution >= 0.6 is 0 Å². The first-order valence-electron chi connectivity index (χ1n) is 7.69. The quantitative estimate of drug-likeness (QED) is 0.866. The Hall–Kier alpha value is -1.74. The van der Waals surface area contributed by atoms with Gasteiger partial charge in [-0.3, -0.25) is 4.98 Å². The lowest BCUT2D eigenvalue weighted by Gasteiger charge is -2.19. The number of hydrogen-bond donors (Lipinski definition) is 1. The molecule has 1 heterocycles. The molecular weight excluding hydrogens is 263 g/mol. The summed E-state index contributed by atoms with van der Waals surface area (Å²) in [6, 6.07) is 11.3. The van der Waals surface area contributed by atoms with Gasteiger partial charge in [-0.05, 0) is 54.5 Å². The van der Waals surface area contributed by atoms with Gasteiger partial charge >= 0.3 is 0 Å². The number of hydrogen-bond acceptors (Lipinski definition) is 2. The molecule has 1 saturated carbocycles. The molecule has 0 aliphatic heterocycles. The van der Waals surface area contributed by atoms with Crippen LogP contribution in [0.1, 0.15) is 42.6 Å². The predicted octanol–water partition coefficient (Wildman–Crippen LogP) is 4.02. The minimum Gasteiger partial charge on any atom is -0.304 e. The van der Waals surface area contributed by atoms with Gasteiger partial charge in [-0.1, -0.05) is 25.1 Å². The Labute approximate surface area is 125 Å². The highest BCUT2D eigenvalue weighted by atomic mass is 19.1. The number of nitrogens with zero attached hydrogens (tertiary/aromatic N) is 1. The molecule has 1 N–H and O–H groups in total. The molecule has 0 radical (unpaired) electrons. The van der Waals surface area contributed by atoms with E-state index in [1.807, 2.05) is 24.4 Å². The Bertz CT molecular complexity index is 590. The van der Waals surface area contributed by atoms with Crippen molar-refractivity contribution in [3.63, 3.8) is 0 Å². The van der Waals surface area contributed by atoms with Crippen molar-refractivity contribution in [3.8, 4) is 0 Å². The summed E-state index contributed by atoms with van der Waals surface area (Å²) in [5.41, 5.74) is 3.58. The van der Waals surface area contributed by atoms with Crippen LogP contribution in [0, 0.1) is 11.7 Å². The van der Waals surface area contributed by atoms with Gasteiger partial charge in [-0.15, -0.1) is 0 Å². The van der Waals surface area contributed by atoms with Crippen molar-refractivity contribution in [2.75, 3.05) is 0 Å². The lowest BCUT2D eigenvalue weighted by atomic mass is 10.0. The van der Waals surface area contributed by atoms with E-state index in [9.17, 15) is 4.39 Å². The standard InChI is InChI=1S/C18H21FN2/c1-2-13-4-3-11-20-17(13)12-21-18(14-5-6-14)15-7-9-16(19)10-8-15/h3-4,7-11,14,18,21H,2,5-6,12H2,1H3. The maximum absolute atomic E-state index is 13.1. The first-order chi connectivity index (χ1) is 10.3. The molecule has 2 aromatic rings. The van der Waals surface area contributed by atoms with Crippen LogP contribution in [0.25, 0.3) is 0 Å². The van der Waals surface area contributed by atoms with Gasteiger partial charge in [0.25, 0.3) is 0 Å². The van der Waals surface area contributed by atoms with Crippen molar-refractivity contribution in [2.24, 2.45) is 5.92 Å². The molecule has 0 amide bonds. The van der Waals surface area contributed by atoms with Gasteiger partial charge in [-0.2, -0.15) is 0 Å². The smallest absolute Gasteiger partial charge is 0.123 e. The maximum Gasteiger partial charge on any atom is 0.123 e. The van der Waals surface area contributed by atoms with Crippen LogP contribution in [0.4, 0.5) is 4.39 Å². The average molecular weight is 284 g/mol. The lowest BCUT2D eigenvalue weighted by molar-refractivity contribution is 0.474. The Morgan fingerprint density at radius 3 is 2.67 bits per heavy atom. The molecule has 21 heavy (non-hydrogen) atoms. The molecule has 1 aliphatic rings. The molecule has 0 spiro atoms. The van der Waals surface area contributed by atoms with Crippen LogP contribution < -0.4 is 5.32 Å². The second-order valence-corrected chi connectivity index (χ2v) is 5.71. The van der Waals surface area contributed by atoms with E-state index in [-0.39, 0.29) is 5.82 Å². The highest BCUT2D eigenvalue weighted by Crippen LogP contribution is 2.41. The van der Waals surface area contributed by atoms with Crippen molar-refractivity contribution in [3.05, 3.63) is 65.2 Å². The normalized spacial score (nSPS) is 15.9. The molecule has 1 aromatic carbocycles. The van der Waals surface area contributed by atoms with Crippen LogP contribution in [-0.2, 0) is 13.0 Å². The largest absolute Gasteiger partial charge is 0.304 e. The minimum absolute atomic E-state index is 0.175. The Morgan fingerprint density at radius 2 is 2.00 bits per heavy atom. The zero-order valence-corrected chi connectivity index (χ0v) is 12.3. The first-order valence-corrected chi connectivity index (χ1v) is 7.69. The Morgan fingerprint density at radius 1 is 1.24 bits per heavy atom. The van der Waals surface area contributed by atoms with Gasteiger partial charge < -0.3 is 5.32 Å². The van der Waals surface area contributed by atoms with Crippen molar-refractivity contribution >= 4 is 0 Å². The molecule has 3 heteroatoms. The molecule has 1 aliphatic carbocycles. The summed E-state index contributed by atoms with van der Waals surface area (Å²) in [5, 5.41) is 3.62. The zero-order chi connectivity index (χ0) is 14.7. The fourth-order valence-corrected chi connectivity index (χ4v) is 2.82. The third kappa shape index (κ3) is 3.48. The second kappa shape index (κ2) is 6.35. The van der Waals surface area contributed by atoms with Gasteiger partial charge in [0, 0.05) is 18.8 Å². The highest BCUT2D eigenvalue weighted by molar-refractivity contribution is 5.23. The summed E-state index contributed by atoms with van der Waals surface area (Å²) in [5.74, 6) is 0.496. The molecule has 1 fully saturated rings. The van der Waals surface area contributed by atoms with E-state index in [0.717, 1.165) is 18.7 Å². The number of aromatic nitrogens is 1. The van der Waals surface area contributed by atoms with E-state index < -0.39 is 0 Å². The fourth-order valence-electron chi connectivity index (χ4n) is 2.82. The van der Waals surface area contributed by atoms with Gasteiger partial charge in [0.1, 0.15) is 5.82 Å². The number of halogens is 1. The van der Waals surface area contributed by atoms with E-state index in [2.05, 4.69) is 23.3 Å².